The topological polar surface area (TPSA) is 67.1 Å². The maximum absolute atomic E-state index is 4.35. The normalized spacial score (nSPS) is 15.5. The highest BCUT2D eigenvalue weighted by Gasteiger charge is 2.15. The zero-order valence-electron chi connectivity index (χ0n) is 14.9. The number of rotatable bonds is 4. The maximum Gasteiger partial charge on any atom is 0.191 e. The van der Waals surface area contributed by atoms with E-state index in [1.165, 1.54) is 24.8 Å². The lowest BCUT2D eigenvalue weighted by atomic mass is 10.1. The molecule has 1 aliphatic rings. The minimum absolute atomic E-state index is 0. The number of aliphatic imine (C=N–C) groups is 1. The second-order valence-electron chi connectivity index (χ2n) is 6.20. The Kier molecular flexibility index (Phi) is 7.67. The summed E-state index contributed by atoms with van der Waals surface area (Å²) in [7, 11) is 1.79. The van der Waals surface area contributed by atoms with E-state index in [0.29, 0.717) is 6.54 Å². The van der Waals surface area contributed by atoms with Crippen molar-refractivity contribution in [3.8, 4) is 0 Å². The monoisotopic (exact) mass is 454 g/mol. The first-order valence-electron chi connectivity index (χ1n) is 8.71. The van der Waals surface area contributed by atoms with Crippen LogP contribution in [0.1, 0.15) is 49.4 Å². The number of aromatic nitrogens is 3. The first-order valence-corrected chi connectivity index (χ1v) is 8.71. The third-order valence-electron chi connectivity index (χ3n) is 4.48. The summed E-state index contributed by atoms with van der Waals surface area (Å²) in [5, 5.41) is 15.5. The lowest BCUT2D eigenvalue weighted by Gasteiger charge is -2.18. The molecule has 0 saturated heterocycles. The Morgan fingerprint density at radius 1 is 1.20 bits per heavy atom. The molecule has 7 heteroatoms. The quantitative estimate of drug-likeness (QED) is 0.424. The van der Waals surface area contributed by atoms with Gasteiger partial charge in [0.25, 0.3) is 0 Å². The summed E-state index contributed by atoms with van der Waals surface area (Å²) >= 11 is 0. The van der Waals surface area contributed by atoms with Crippen LogP contribution in [0.4, 0.5) is 0 Å². The van der Waals surface area contributed by atoms with E-state index in [1.807, 2.05) is 6.07 Å². The Hall–Kier alpha value is -1.64. The Labute approximate surface area is 166 Å². The van der Waals surface area contributed by atoms with E-state index >= 15 is 0 Å². The Balaban J connectivity index is 0.00000225. The van der Waals surface area contributed by atoms with Gasteiger partial charge in [0.05, 0.1) is 12.6 Å². The van der Waals surface area contributed by atoms with E-state index in [2.05, 4.69) is 61.6 Å². The molecule has 2 aromatic rings. The van der Waals surface area contributed by atoms with E-state index in [1.54, 1.807) is 7.05 Å². The summed E-state index contributed by atoms with van der Waals surface area (Å²) in [5.41, 5.74) is 1.23. The SMILES string of the molecule is CN=C(NCc1nnc2n1CCCCC2)NC(C)c1ccccc1.I. The van der Waals surface area contributed by atoms with Gasteiger partial charge in [-0.25, -0.2) is 0 Å². The van der Waals surface area contributed by atoms with Crippen molar-refractivity contribution in [2.75, 3.05) is 7.05 Å². The van der Waals surface area contributed by atoms with Crippen LogP contribution in [0.2, 0.25) is 0 Å². The summed E-state index contributed by atoms with van der Waals surface area (Å²) in [4.78, 5) is 4.32. The molecule has 0 bridgehead atoms. The van der Waals surface area contributed by atoms with Gasteiger partial charge in [0.1, 0.15) is 5.82 Å². The molecule has 0 radical (unpaired) electrons. The van der Waals surface area contributed by atoms with E-state index in [9.17, 15) is 0 Å². The molecule has 1 aliphatic heterocycles. The Morgan fingerprint density at radius 3 is 2.76 bits per heavy atom. The van der Waals surface area contributed by atoms with Gasteiger partial charge >= 0.3 is 0 Å². The van der Waals surface area contributed by atoms with E-state index in [-0.39, 0.29) is 30.0 Å². The molecule has 0 spiro atoms. The van der Waals surface area contributed by atoms with Crippen molar-refractivity contribution in [2.45, 2.75) is 51.7 Å². The third kappa shape index (κ3) is 5.17. The molecule has 2 heterocycles. The molecule has 1 aromatic heterocycles. The van der Waals surface area contributed by atoms with E-state index in [0.717, 1.165) is 30.6 Å². The average Bonchev–Trinajstić information content (AvgIpc) is 2.85. The highest BCUT2D eigenvalue weighted by Crippen LogP contribution is 2.14. The number of guanidine groups is 1. The van der Waals surface area contributed by atoms with Gasteiger partial charge in [0, 0.05) is 20.0 Å². The Morgan fingerprint density at radius 2 is 2.00 bits per heavy atom. The molecule has 1 unspecified atom stereocenters. The fourth-order valence-corrected chi connectivity index (χ4v) is 3.06. The van der Waals surface area contributed by atoms with Gasteiger partial charge in [-0.05, 0) is 25.3 Å². The highest BCUT2D eigenvalue weighted by molar-refractivity contribution is 14.0. The summed E-state index contributed by atoms with van der Waals surface area (Å²) in [6, 6.07) is 10.5. The van der Waals surface area contributed by atoms with Crippen molar-refractivity contribution in [2.24, 2.45) is 4.99 Å². The number of fused-ring (bicyclic) bond motifs is 1. The van der Waals surface area contributed by atoms with Crippen LogP contribution >= 0.6 is 24.0 Å². The number of aryl methyl sites for hydroxylation is 1. The molecular formula is C18H27IN6. The minimum Gasteiger partial charge on any atom is -0.350 e. The van der Waals surface area contributed by atoms with Gasteiger partial charge in [-0.3, -0.25) is 4.99 Å². The summed E-state index contributed by atoms with van der Waals surface area (Å²) in [5.74, 6) is 2.88. The van der Waals surface area contributed by atoms with Crippen LogP contribution in [-0.4, -0.2) is 27.8 Å². The third-order valence-corrected chi connectivity index (χ3v) is 4.48. The molecule has 0 saturated carbocycles. The summed E-state index contributed by atoms with van der Waals surface area (Å²) in [6.45, 7) is 3.78. The van der Waals surface area contributed by atoms with Gasteiger partial charge in [-0.1, -0.05) is 36.8 Å². The number of halogens is 1. The largest absolute Gasteiger partial charge is 0.350 e. The minimum atomic E-state index is 0. The average molecular weight is 454 g/mol. The van der Waals surface area contributed by atoms with Crippen molar-refractivity contribution in [1.82, 2.24) is 25.4 Å². The zero-order chi connectivity index (χ0) is 16.8. The number of hydrogen-bond donors (Lipinski definition) is 2. The van der Waals surface area contributed by atoms with Crippen LogP contribution in [-0.2, 0) is 19.5 Å². The predicted octanol–water partition coefficient (Wildman–Crippen LogP) is 3.05. The van der Waals surface area contributed by atoms with Crippen molar-refractivity contribution in [3.05, 3.63) is 47.5 Å². The van der Waals surface area contributed by atoms with E-state index in [4.69, 9.17) is 0 Å². The standard InChI is InChI=1S/C18H26N6.HI/c1-14(15-9-5-3-6-10-15)21-18(19-2)20-13-17-23-22-16-11-7-4-8-12-24(16)17;/h3,5-6,9-10,14H,4,7-8,11-13H2,1-2H3,(H2,19,20,21);1H. The van der Waals surface area contributed by atoms with Crippen LogP contribution in [0.5, 0.6) is 0 Å². The van der Waals surface area contributed by atoms with Crippen molar-refractivity contribution < 1.29 is 0 Å². The van der Waals surface area contributed by atoms with Crippen molar-refractivity contribution >= 4 is 29.9 Å². The van der Waals surface area contributed by atoms with Crippen LogP contribution in [0, 0.1) is 0 Å². The maximum atomic E-state index is 4.35. The van der Waals surface area contributed by atoms with Crippen LogP contribution in [0.15, 0.2) is 35.3 Å². The second-order valence-corrected chi connectivity index (χ2v) is 6.20. The van der Waals surface area contributed by atoms with Gasteiger partial charge < -0.3 is 15.2 Å². The number of hydrogen-bond acceptors (Lipinski definition) is 3. The van der Waals surface area contributed by atoms with Crippen molar-refractivity contribution in [1.29, 1.82) is 0 Å². The zero-order valence-corrected chi connectivity index (χ0v) is 17.2. The predicted molar refractivity (Wildman–Crippen MR) is 111 cm³/mol. The number of nitrogens with zero attached hydrogens (tertiary/aromatic N) is 4. The lowest BCUT2D eigenvalue weighted by Crippen LogP contribution is -2.38. The van der Waals surface area contributed by atoms with Crippen LogP contribution < -0.4 is 10.6 Å². The molecule has 0 fully saturated rings. The van der Waals surface area contributed by atoms with Gasteiger partial charge in [0.15, 0.2) is 11.8 Å². The fraction of sp³-hybridized carbons (Fsp3) is 0.500. The summed E-state index contributed by atoms with van der Waals surface area (Å²) in [6.07, 6.45) is 4.72. The molecule has 1 aromatic carbocycles. The summed E-state index contributed by atoms with van der Waals surface area (Å²) < 4.78 is 2.26. The molecule has 0 aliphatic carbocycles. The lowest BCUT2D eigenvalue weighted by molar-refractivity contribution is 0.594. The molecule has 2 N–H and O–H groups in total. The molecule has 3 rings (SSSR count). The number of benzene rings is 1. The molecule has 1 atom stereocenters. The van der Waals surface area contributed by atoms with Crippen LogP contribution in [0.25, 0.3) is 0 Å². The molecule has 25 heavy (non-hydrogen) atoms. The first kappa shape index (κ1) is 19.7. The highest BCUT2D eigenvalue weighted by atomic mass is 127. The van der Waals surface area contributed by atoms with Gasteiger partial charge in [-0.15, -0.1) is 34.2 Å². The second kappa shape index (κ2) is 9.74. The van der Waals surface area contributed by atoms with Gasteiger partial charge in [0.2, 0.25) is 0 Å². The Bertz CT molecular complexity index is 682. The first-order chi connectivity index (χ1) is 11.8. The molecular weight excluding hydrogens is 427 g/mol. The smallest absolute Gasteiger partial charge is 0.191 e. The van der Waals surface area contributed by atoms with Crippen LogP contribution in [0.3, 0.4) is 0 Å². The fourth-order valence-electron chi connectivity index (χ4n) is 3.06. The van der Waals surface area contributed by atoms with E-state index < -0.39 is 0 Å². The van der Waals surface area contributed by atoms with Crippen molar-refractivity contribution in [3.63, 3.8) is 0 Å². The molecule has 136 valence electrons. The number of nitrogens with one attached hydrogen (secondary N) is 2. The van der Waals surface area contributed by atoms with Gasteiger partial charge in [-0.2, -0.15) is 0 Å². The molecule has 0 amide bonds. The molecule has 6 nitrogen and oxygen atoms in total.